The number of hydrogen-bond acceptors (Lipinski definition) is 4. The molecule has 1 aromatic heterocycles. The molecule has 94 valence electrons. The Labute approximate surface area is 105 Å². The number of aryl methyl sites for hydroxylation is 1. The van der Waals surface area contributed by atoms with Gasteiger partial charge in [0.15, 0.2) is 5.13 Å². The molecule has 7 heteroatoms. The summed E-state index contributed by atoms with van der Waals surface area (Å²) in [6, 6.07) is 1.77. The van der Waals surface area contributed by atoms with Gasteiger partial charge in [-0.05, 0) is 19.1 Å². The topological polar surface area (TPSA) is 68.0 Å². The third-order valence-corrected chi connectivity index (χ3v) is 3.06. The lowest BCUT2D eigenvalue weighted by molar-refractivity contribution is 0.102. The standard InChI is InChI=1S/C11H9F2N3OS/c1-5-4-18-11(15-5)16-10(17)6-2-7(12)9(14)8(13)3-6/h2-4H,14H2,1H3,(H,15,16,17). The maximum atomic E-state index is 13.2. The van der Waals surface area contributed by atoms with Gasteiger partial charge in [0.25, 0.3) is 5.91 Å². The molecule has 1 heterocycles. The van der Waals surface area contributed by atoms with Gasteiger partial charge in [0.2, 0.25) is 0 Å². The number of aromatic nitrogens is 1. The van der Waals surface area contributed by atoms with Crippen molar-refractivity contribution in [1.29, 1.82) is 0 Å². The first-order valence-corrected chi connectivity index (χ1v) is 5.83. The minimum Gasteiger partial charge on any atom is -0.394 e. The first kappa shape index (κ1) is 12.4. The van der Waals surface area contributed by atoms with Crippen molar-refractivity contribution in [2.24, 2.45) is 0 Å². The molecule has 4 nitrogen and oxygen atoms in total. The largest absolute Gasteiger partial charge is 0.394 e. The number of nitrogens with zero attached hydrogens (tertiary/aromatic N) is 1. The van der Waals surface area contributed by atoms with Crippen LogP contribution in [0, 0.1) is 18.6 Å². The molecule has 0 spiro atoms. The summed E-state index contributed by atoms with van der Waals surface area (Å²) in [4.78, 5) is 15.7. The Morgan fingerprint density at radius 3 is 2.50 bits per heavy atom. The number of benzene rings is 1. The molecular formula is C11H9F2N3OS. The van der Waals surface area contributed by atoms with Crippen molar-refractivity contribution in [3.8, 4) is 0 Å². The first-order valence-electron chi connectivity index (χ1n) is 4.95. The molecule has 1 amide bonds. The second-order valence-electron chi connectivity index (χ2n) is 3.60. The Bertz CT molecular complexity index is 589. The number of carbonyl (C=O) groups excluding carboxylic acids is 1. The molecule has 0 saturated heterocycles. The number of anilines is 2. The molecule has 0 aliphatic heterocycles. The molecule has 0 atom stereocenters. The molecule has 0 aliphatic carbocycles. The van der Waals surface area contributed by atoms with Crippen molar-refractivity contribution in [1.82, 2.24) is 4.98 Å². The zero-order valence-electron chi connectivity index (χ0n) is 9.33. The number of rotatable bonds is 2. The summed E-state index contributed by atoms with van der Waals surface area (Å²) < 4.78 is 26.4. The van der Waals surface area contributed by atoms with Crippen LogP contribution in [0.25, 0.3) is 0 Å². The molecule has 0 bridgehead atoms. The van der Waals surface area contributed by atoms with E-state index in [0.717, 1.165) is 17.8 Å². The minimum absolute atomic E-state index is 0.146. The monoisotopic (exact) mass is 269 g/mol. The number of nitrogen functional groups attached to an aromatic ring is 1. The normalized spacial score (nSPS) is 10.4. The average Bonchev–Trinajstić information content (AvgIpc) is 2.71. The van der Waals surface area contributed by atoms with Crippen LogP contribution in [0.5, 0.6) is 0 Å². The fourth-order valence-corrected chi connectivity index (χ4v) is 1.98. The van der Waals surface area contributed by atoms with Crippen molar-refractivity contribution in [3.63, 3.8) is 0 Å². The van der Waals surface area contributed by atoms with Crippen LogP contribution >= 0.6 is 11.3 Å². The zero-order valence-corrected chi connectivity index (χ0v) is 10.1. The summed E-state index contributed by atoms with van der Waals surface area (Å²) in [6.07, 6.45) is 0. The van der Waals surface area contributed by atoms with Gasteiger partial charge in [0.05, 0.1) is 5.69 Å². The van der Waals surface area contributed by atoms with Gasteiger partial charge < -0.3 is 5.73 Å². The molecule has 1 aromatic carbocycles. The Hall–Kier alpha value is -2.02. The Morgan fingerprint density at radius 2 is 2.00 bits per heavy atom. The van der Waals surface area contributed by atoms with Crippen LogP contribution in [0.4, 0.5) is 19.6 Å². The van der Waals surface area contributed by atoms with Crippen LogP contribution in [0.1, 0.15) is 16.1 Å². The smallest absolute Gasteiger partial charge is 0.257 e. The van der Waals surface area contributed by atoms with E-state index in [9.17, 15) is 13.6 Å². The van der Waals surface area contributed by atoms with Crippen molar-refractivity contribution < 1.29 is 13.6 Å². The van der Waals surface area contributed by atoms with E-state index in [1.807, 2.05) is 0 Å². The number of hydrogen-bond donors (Lipinski definition) is 2. The van der Waals surface area contributed by atoms with Gasteiger partial charge >= 0.3 is 0 Å². The molecule has 0 aliphatic rings. The molecular weight excluding hydrogens is 260 g/mol. The highest BCUT2D eigenvalue weighted by atomic mass is 32.1. The van der Waals surface area contributed by atoms with E-state index in [1.165, 1.54) is 11.3 Å². The van der Waals surface area contributed by atoms with E-state index in [1.54, 1.807) is 12.3 Å². The number of amides is 1. The van der Waals surface area contributed by atoms with Gasteiger partial charge in [0, 0.05) is 10.9 Å². The molecule has 18 heavy (non-hydrogen) atoms. The summed E-state index contributed by atoms with van der Waals surface area (Å²) in [5.74, 6) is -2.56. The maximum Gasteiger partial charge on any atom is 0.257 e. The van der Waals surface area contributed by atoms with E-state index in [0.29, 0.717) is 5.13 Å². The van der Waals surface area contributed by atoms with Crippen LogP contribution in [0.15, 0.2) is 17.5 Å². The van der Waals surface area contributed by atoms with E-state index in [2.05, 4.69) is 10.3 Å². The lowest BCUT2D eigenvalue weighted by atomic mass is 10.2. The van der Waals surface area contributed by atoms with Gasteiger partial charge in [-0.3, -0.25) is 10.1 Å². The summed E-state index contributed by atoms with van der Waals surface area (Å²) in [5.41, 5.74) is 5.12. The van der Waals surface area contributed by atoms with Crippen LogP contribution in [0.2, 0.25) is 0 Å². The Kier molecular flexibility index (Phi) is 3.24. The van der Waals surface area contributed by atoms with Gasteiger partial charge in [-0.1, -0.05) is 0 Å². The van der Waals surface area contributed by atoms with Crippen LogP contribution in [-0.2, 0) is 0 Å². The summed E-state index contributed by atoms with van der Waals surface area (Å²) in [7, 11) is 0. The van der Waals surface area contributed by atoms with E-state index < -0.39 is 23.2 Å². The second-order valence-corrected chi connectivity index (χ2v) is 4.46. The van der Waals surface area contributed by atoms with Crippen molar-refractivity contribution in [3.05, 3.63) is 40.4 Å². The maximum absolute atomic E-state index is 13.2. The Morgan fingerprint density at radius 1 is 1.39 bits per heavy atom. The van der Waals surface area contributed by atoms with Crippen LogP contribution in [0.3, 0.4) is 0 Å². The lowest BCUT2D eigenvalue weighted by Crippen LogP contribution is -2.13. The van der Waals surface area contributed by atoms with Gasteiger partial charge in [-0.2, -0.15) is 0 Å². The predicted molar refractivity (Wildman–Crippen MR) is 65.6 cm³/mol. The highest BCUT2D eigenvalue weighted by Crippen LogP contribution is 2.19. The molecule has 3 N–H and O–H groups in total. The molecule has 0 fully saturated rings. The fraction of sp³-hybridized carbons (Fsp3) is 0.0909. The fourth-order valence-electron chi connectivity index (χ4n) is 1.30. The summed E-state index contributed by atoms with van der Waals surface area (Å²) >= 11 is 1.23. The van der Waals surface area contributed by atoms with Crippen LogP contribution in [-0.4, -0.2) is 10.9 Å². The zero-order chi connectivity index (χ0) is 13.3. The first-order chi connectivity index (χ1) is 8.47. The van der Waals surface area contributed by atoms with Crippen molar-refractivity contribution >= 4 is 28.1 Å². The molecule has 0 radical (unpaired) electrons. The average molecular weight is 269 g/mol. The van der Waals surface area contributed by atoms with E-state index in [-0.39, 0.29) is 5.56 Å². The Balaban J connectivity index is 2.24. The molecule has 0 saturated carbocycles. The minimum atomic E-state index is -0.963. The summed E-state index contributed by atoms with van der Waals surface area (Å²) in [6.45, 7) is 1.77. The molecule has 2 aromatic rings. The number of nitrogens with one attached hydrogen (secondary N) is 1. The molecule has 0 unspecified atom stereocenters. The number of thiazole rings is 1. The molecule has 2 rings (SSSR count). The van der Waals surface area contributed by atoms with Crippen molar-refractivity contribution in [2.75, 3.05) is 11.1 Å². The summed E-state index contributed by atoms with van der Waals surface area (Å²) in [5, 5.41) is 4.57. The highest BCUT2D eigenvalue weighted by Gasteiger charge is 2.14. The van der Waals surface area contributed by atoms with Crippen molar-refractivity contribution in [2.45, 2.75) is 6.92 Å². The third kappa shape index (κ3) is 2.45. The second kappa shape index (κ2) is 4.69. The third-order valence-electron chi connectivity index (χ3n) is 2.18. The predicted octanol–water partition coefficient (Wildman–Crippen LogP) is 2.56. The highest BCUT2D eigenvalue weighted by molar-refractivity contribution is 7.13. The SMILES string of the molecule is Cc1csc(NC(=O)c2cc(F)c(N)c(F)c2)n1. The van der Waals surface area contributed by atoms with E-state index in [4.69, 9.17) is 5.73 Å². The van der Waals surface area contributed by atoms with Crippen LogP contribution < -0.4 is 11.1 Å². The van der Waals surface area contributed by atoms with Gasteiger partial charge in [0.1, 0.15) is 17.3 Å². The number of nitrogens with two attached hydrogens (primary N) is 1. The van der Waals surface area contributed by atoms with Gasteiger partial charge in [-0.25, -0.2) is 13.8 Å². The lowest BCUT2D eigenvalue weighted by Gasteiger charge is -2.04. The van der Waals surface area contributed by atoms with Gasteiger partial charge in [-0.15, -0.1) is 11.3 Å². The van der Waals surface area contributed by atoms with E-state index >= 15 is 0 Å². The quantitative estimate of drug-likeness (QED) is 0.823. The number of halogens is 2. The number of carbonyl (C=O) groups is 1.